The molecule has 2 N–H and O–H groups in total. The molecule has 170 valence electrons. The van der Waals surface area contributed by atoms with Gasteiger partial charge < -0.3 is 10.4 Å². The van der Waals surface area contributed by atoms with Crippen molar-refractivity contribution in [2.75, 3.05) is 7.05 Å². The summed E-state index contributed by atoms with van der Waals surface area (Å²) in [4.78, 5) is 16.7. The molecule has 2 atom stereocenters. The normalized spacial score (nSPS) is 19.8. The number of carbonyl (C=O) groups excluding carboxylic acids is 1. The van der Waals surface area contributed by atoms with Gasteiger partial charge in [-0.1, -0.05) is 31.6 Å². The van der Waals surface area contributed by atoms with Crippen molar-refractivity contribution >= 4 is 11.6 Å². The zero-order valence-electron chi connectivity index (χ0n) is 18.0. The smallest absolute Gasteiger partial charge is 0.269 e. The number of aliphatic imine (C=N–C) groups is 1. The Morgan fingerprint density at radius 2 is 2.06 bits per heavy atom. The Kier molecular flexibility index (Phi) is 8.05. The Balaban J connectivity index is 1.79. The van der Waals surface area contributed by atoms with E-state index in [0.717, 1.165) is 24.1 Å². The van der Waals surface area contributed by atoms with Gasteiger partial charge >= 0.3 is 0 Å². The minimum absolute atomic E-state index is 0.0211. The SMILES string of the molecule is C=C(/C(=C\C(=N/C)C(=O)N[C@H]1CCCC[C@@H]1O)Cc1ccc(-n2cccn2)cc1)C(F)F. The van der Waals surface area contributed by atoms with Crippen LogP contribution in [0.3, 0.4) is 0 Å². The zero-order chi connectivity index (χ0) is 23.1. The van der Waals surface area contributed by atoms with Crippen LogP contribution in [0.5, 0.6) is 0 Å². The molecule has 1 amide bonds. The fourth-order valence-corrected chi connectivity index (χ4v) is 3.72. The van der Waals surface area contributed by atoms with Crippen LogP contribution in [0.15, 0.2) is 71.5 Å². The lowest BCUT2D eigenvalue weighted by Crippen LogP contribution is -2.47. The van der Waals surface area contributed by atoms with Crippen molar-refractivity contribution in [3.63, 3.8) is 0 Å². The lowest BCUT2D eigenvalue weighted by atomic mass is 9.92. The summed E-state index contributed by atoms with van der Waals surface area (Å²) in [7, 11) is 1.43. The second-order valence-electron chi connectivity index (χ2n) is 7.83. The van der Waals surface area contributed by atoms with E-state index in [1.54, 1.807) is 10.9 Å². The van der Waals surface area contributed by atoms with Crippen LogP contribution in [0.1, 0.15) is 31.2 Å². The van der Waals surface area contributed by atoms with Crippen LogP contribution in [0.25, 0.3) is 5.69 Å². The van der Waals surface area contributed by atoms with Crippen molar-refractivity contribution in [3.05, 3.63) is 72.1 Å². The summed E-state index contributed by atoms with van der Waals surface area (Å²) >= 11 is 0. The number of aliphatic hydroxyl groups excluding tert-OH is 1. The summed E-state index contributed by atoms with van der Waals surface area (Å²) < 4.78 is 28.7. The molecule has 1 aromatic heterocycles. The Morgan fingerprint density at radius 3 is 2.66 bits per heavy atom. The van der Waals surface area contributed by atoms with E-state index in [2.05, 4.69) is 22.0 Å². The predicted octanol–water partition coefficient (Wildman–Crippen LogP) is 3.65. The summed E-state index contributed by atoms with van der Waals surface area (Å²) in [5, 5.41) is 17.1. The average molecular weight is 443 g/mol. The average Bonchev–Trinajstić information content (AvgIpc) is 3.33. The fraction of sp³-hybridized carbons (Fsp3) is 0.375. The van der Waals surface area contributed by atoms with Crippen molar-refractivity contribution in [2.24, 2.45) is 4.99 Å². The molecule has 0 unspecified atom stereocenters. The molecule has 0 spiro atoms. The van der Waals surface area contributed by atoms with Crippen LogP contribution in [0.2, 0.25) is 0 Å². The first kappa shape index (κ1) is 23.5. The van der Waals surface area contributed by atoms with E-state index in [4.69, 9.17) is 0 Å². The molecule has 32 heavy (non-hydrogen) atoms. The number of halogens is 2. The number of nitrogens with one attached hydrogen (secondary N) is 1. The number of hydrogen-bond donors (Lipinski definition) is 2. The third-order valence-corrected chi connectivity index (χ3v) is 5.61. The van der Waals surface area contributed by atoms with Crippen LogP contribution in [-0.2, 0) is 11.2 Å². The largest absolute Gasteiger partial charge is 0.391 e. The highest BCUT2D eigenvalue weighted by atomic mass is 19.3. The molecule has 0 radical (unpaired) electrons. The summed E-state index contributed by atoms with van der Waals surface area (Å²) in [6.07, 6.45) is 4.77. The minimum Gasteiger partial charge on any atom is -0.391 e. The Labute approximate surface area is 186 Å². The second-order valence-corrected chi connectivity index (χ2v) is 7.83. The van der Waals surface area contributed by atoms with E-state index in [9.17, 15) is 18.7 Å². The van der Waals surface area contributed by atoms with Gasteiger partial charge in [0.1, 0.15) is 5.71 Å². The summed E-state index contributed by atoms with van der Waals surface area (Å²) in [6.45, 7) is 3.52. The van der Waals surface area contributed by atoms with Gasteiger partial charge in [0.15, 0.2) is 0 Å². The standard InChI is InChI=1S/C24H28F2N4O2/c1-16(23(25)26)18(14-17-8-10-19(11-9-17)30-13-5-12-28-30)15-21(27-2)24(32)29-20-6-3-4-7-22(20)31/h5,8-13,15,20,22-23,31H,1,3-4,6-7,14H2,2H3,(H,29,32)/b18-15-,27-21+/t20-,22-/m0/s1. The maximum atomic E-state index is 13.5. The number of amides is 1. The first-order valence-corrected chi connectivity index (χ1v) is 10.6. The van der Waals surface area contributed by atoms with E-state index in [0.29, 0.717) is 12.8 Å². The molecule has 1 fully saturated rings. The monoisotopic (exact) mass is 442 g/mol. The van der Waals surface area contributed by atoms with E-state index in [-0.39, 0.29) is 29.3 Å². The lowest BCUT2D eigenvalue weighted by molar-refractivity contribution is -0.116. The predicted molar refractivity (Wildman–Crippen MR) is 120 cm³/mol. The molecule has 1 heterocycles. The van der Waals surface area contributed by atoms with Crippen molar-refractivity contribution in [3.8, 4) is 5.69 Å². The van der Waals surface area contributed by atoms with Gasteiger partial charge in [0.25, 0.3) is 12.3 Å². The highest BCUT2D eigenvalue weighted by molar-refractivity contribution is 6.43. The van der Waals surface area contributed by atoms with Gasteiger partial charge in [-0.3, -0.25) is 9.79 Å². The van der Waals surface area contributed by atoms with E-state index < -0.39 is 18.4 Å². The molecule has 0 saturated heterocycles. The molecule has 6 nitrogen and oxygen atoms in total. The first-order valence-electron chi connectivity index (χ1n) is 10.6. The molecule has 8 heteroatoms. The Hall–Kier alpha value is -3.13. The Morgan fingerprint density at radius 1 is 1.34 bits per heavy atom. The maximum Gasteiger partial charge on any atom is 0.269 e. The fourth-order valence-electron chi connectivity index (χ4n) is 3.72. The van der Waals surface area contributed by atoms with Crippen LogP contribution in [-0.4, -0.2) is 52.1 Å². The van der Waals surface area contributed by atoms with Crippen molar-refractivity contribution in [2.45, 2.75) is 50.7 Å². The number of alkyl halides is 2. The molecule has 1 aliphatic carbocycles. The molecule has 2 aromatic rings. The van der Waals surface area contributed by atoms with Crippen LogP contribution in [0.4, 0.5) is 8.78 Å². The van der Waals surface area contributed by atoms with Gasteiger partial charge in [-0.2, -0.15) is 5.10 Å². The highest BCUT2D eigenvalue weighted by Crippen LogP contribution is 2.23. The number of aromatic nitrogens is 2. The quantitative estimate of drug-likeness (QED) is 0.484. The molecule has 1 aromatic carbocycles. The van der Waals surface area contributed by atoms with Gasteiger partial charge in [-0.05, 0) is 54.7 Å². The van der Waals surface area contributed by atoms with Gasteiger partial charge in [0.2, 0.25) is 0 Å². The molecular formula is C24H28F2N4O2. The van der Waals surface area contributed by atoms with Gasteiger partial charge in [0, 0.05) is 25.0 Å². The van der Waals surface area contributed by atoms with Gasteiger partial charge in [0.05, 0.1) is 17.8 Å². The number of benzene rings is 1. The number of allylic oxidation sites excluding steroid dienone is 2. The van der Waals surface area contributed by atoms with Crippen molar-refractivity contribution < 1.29 is 18.7 Å². The lowest BCUT2D eigenvalue weighted by Gasteiger charge is -2.28. The molecule has 1 saturated carbocycles. The van der Waals surface area contributed by atoms with Crippen LogP contribution in [0, 0.1) is 0 Å². The van der Waals surface area contributed by atoms with E-state index in [1.807, 2.05) is 36.5 Å². The molecular weight excluding hydrogens is 414 g/mol. The third kappa shape index (κ3) is 5.97. The molecule has 1 aliphatic rings. The van der Waals surface area contributed by atoms with Crippen LogP contribution >= 0.6 is 0 Å². The molecule has 3 rings (SSSR count). The maximum absolute atomic E-state index is 13.5. The second kappa shape index (κ2) is 10.9. The van der Waals surface area contributed by atoms with Gasteiger partial charge in [-0.25, -0.2) is 13.5 Å². The summed E-state index contributed by atoms with van der Waals surface area (Å²) in [5.41, 5.74) is 1.53. The third-order valence-electron chi connectivity index (χ3n) is 5.61. The Bertz CT molecular complexity index is 982. The minimum atomic E-state index is -2.76. The summed E-state index contributed by atoms with van der Waals surface area (Å²) in [5.74, 6) is -0.493. The first-order chi connectivity index (χ1) is 15.4. The van der Waals surface area contributed by atoms with E-state index in [1.165, 1.54) is 13.1 Å². The van der Waals surface area contributed by atoms with Gasteiger partial charge in [-0.15, -0.1) is 0 Å². The number of rotatable bonds is 8. The summed E-state index contributed by atoms with van der Waals surface area (Å²) in [6, 6.07) is 8.78. The number of nitrogens with zero attached hydrogens (tertiary/aromatic N) is 3. The van der Waals surface area contributed by atoms with E-state index >= 15 is 0 Å². The number of aliphatic hydroxyl groups is 1. The van der Waals surface area contributed by atoms with Crippen molar-refractivity contribution in [1.82, 2.24) is 15.1 Å². The van der Waals surface area contributed by atoms with Crippen LogP contribution < -0.4 is 5.32 Å². The zero-order valence-corrected chi connectivity index (χ0v) is 18.0. The topological polar surface area (TPSA) is 79.5 Å². The highest BCUT2D eigenvalue weighted by Gasteiger charge is 2.26. The number of hydrogen-bond acceptors (Lipinski definition) is 4. The number of carbonyl (C=O) groups is 1. The molecule has 0 aliphatic heterocycles. The molecule has 0 bridgehead atoms. The van der Waals surface area contributed by atoms with Crippen molar-refractivity contribution in [1.29, 1.82) is 0 Å².